The van der Waals surface area contributed by atoms with Gasteiger partial charge in [-0.15, -0.1) is 11.8 Å². The van der Waals surface area contributed by atoms with Gasteiger partial charge in [-0.25, -0.2) is 0 Å². The first kappa shape index (κ1) is 12.6. The van der Waals surface area contributed by atoms with Crippen LogP contribution >= 0.6 is 0 Å². The van der Waals surface area contributed by atoms with E-state index in [1.54, 1.807) is 0 Å². The summed E-state index contributed by atoms with van der Waals surface area (Å²) in [4.78, 5) is 0. The number of hydrogen-bond donors (Lipinski definition) is 1. The molecule has 0 spiro atoms. The molecule has 0 radical (unpaired) electrons. The fourth-order valence-electron chi connectivity index (χ4n) is 2.46. The van der Waals surface area contributed by atoms with Gasteiger partial charge in [0.25, 0.3) is 0 Å². The van der Waals surface area contributed by atoms with Gasteiger partial charge in [0.2, 0.25) is 0 Å². The zero-order chi connectivity index (χ0) is 10.9. The molecule has 0 aromatic heterocycles. The molecule has 0 amide bonds. The lowest BCUT2D eigenvalue weighted by molar-refractivity contribution is 0.340. The van der Waals surface area contributed by atoms with E-state index in [1.807, 2.05) is 6.92 Å². The van der Waals surface area contributed by atoms with Gasteiger partial charge in [-0.1, -0.05) is 25.7 Å². The van der Waals surface area contributed by atoms with Crippen LogP contribution in [0, 0.1) is 17.8 Å². The maximum absolute atomic E-state index is 3.61. The highest BCUT2D eigenvalue weighted by Crippen LogP contribution is 2.25. The molecule has 1 N–H and O–H groups in total. The Labute approximate surface area is 95.0 Å². The zero-order valence-corrected chi connectivity index (χ0v) is 10.3. The third-order valence-electron chi connectivity index (χ3n) is 3.50. The Balaban J connectivity index is 2.18. The summed E-state index contributed by atoms with van der Waals surface area (Å²) in [5, 5.41) is 3.61. The molecule has 1 aliphatic rings. The van der Waals surface area contributed by atoms with Crippen LogP contribution in [0.25, 0.3) is 0 Å². The molecule has 0 saturated heterocycles. The minimum Gasteiger partial charge on any atom is -0.313 e. The topological polar surface area (TPSA) is 12.0 Å². The van der Waals surface area contributed by atoms with E-state index >= 15 is 0 Å². The molecule has 0 aromatic rings. The van der Waals surface area contributed by atoms with Crippen molar-refractivity contribution in [1.82, 2.24) is 5.32 Å². The summed E-state index contributed by atoms with van der Waals surface area (Å²) in [7, 11) is 0. The van der Waals surface area contributed by atoms with Gasteiger partial charge in [0, 0.05) is 19.0 Å². The minimum absolute atomic E-state index is 0.682. The molecular weight excluding hydrogens is 182 g/mol. The van der Waals surface area contributed by atoms with Crippen molar-refractivity contribution in [3.63, 3.8) is 0 Å². The van der Waals surface area contributed by atoms with Crippen LogP contribution in [-0.2, 0) is 0 Å². The van der Waals surface area contributed by atoms with Crippen LogP contribution in [0.5, 0.6) is 0 Å². The smallest absolute Gasteiger partial charge is 0.0214 e. The van der Waals surface area contributed by atoms with Gasteiger partial charge in [-0.2, -0.15) is 0 Å². The maximum atomic E-state index is 3.61. The first-order chi connectivity index (χ1) is 7.34. The summed E-state index contributed by atoms with van der Waals surface area (Å²) in [6.07, 6.45) is 9.61. The van der Waals surface area contributed by atoms with E-state index in [9.17, 15) is 0 Å². The highest BCUT2D eigenvalue weighted by Gasteiger charge is 2.17. The molecule has 0 bridgehead atoms. The largest absolute Gasteiger partial charge is 0.313 e. The average Bonchev–Trinajstić information content (AvgIpc) is 2.52. The lowest BCUT2D eigenvalue weighted by Crippen LogP contribution is -2.33. The van der Waals surface area contributed by atoms with Crippen molar-refractivity contribution in [2.24, 2.45) is 5.92 Å². The Kier molecular flexibility index (Phi) is 6.52. The van der Waals surface area contributed by atoms with Crippen LogP contribution in [0.3, 0.4) is 0 Å². The van der Waals surface area contributed by atoms with Crippen LogP contribution in [0.1, 0.15) is 58.8 Å². The zero-order valence-electron chi connectivity index (χ0n) is 10.3. The van der Waals surface area contributed by atoms with Crippen LogP contribution in [0.4, 0.5) is 0 Å². The molecule has 1 saturated carbocycles. The van der Waals surface area contributed by atoms with Gasteiger partial charge in [0.15, 0.2) is 0 Å². The van der Waals surface area contributed by atoms with Crippen molar-refractivity contribution in [2.45, 2.75) is 64.8 Å². The Morgan fingerprint density at radius 3 is 2.47 bits per heavy atom. The van der Waals surface area contributed by atoms with E-state index in [1.165, 1.54) is 38.5 Å². The first-order valence-corrected chi connectivity index (χ1v) is 6.47. The van der Waals surface area contributed by atoms with Crippen molar-refractivity contribution >= 4 is 0 Å². The molecule has 1 aliphatic carbocycles. The molecule has 0 heterocycles. The van der Waals surface area contributed by atoms with E-state index in [4.69, 9.17) is 0 Å². The lowest BCUT2D eigenvalue weighted by Gasteiger charge is -2.23. The van der Waals surface area contributed by atoms with Crippen LogP contribution in [0.2, 0.25) is 0 Å². The minimum atomic E-state index is 0.682. The van der Waals surface area contributed by atoms with Crippen LogP contribution < -0.4 is 5.32 Å². The van der Waals surface area contributed by atoms with Crippen molar-refractivity contribution in [2.75, 3.05) is 6.54 Å². The van der Waals surface area contributed by atoms with Crippen molar-refractivity contribution in [3.8, 4) is 11.8 Å². The van der Waals surface area contributed by atoms with Gasteiger partial charge in [-0.05, 0) is 32.6 Å². The van der Waals surface area contributed by atoms with E-state index in [0.29, 0.717) is 6.04 Å². The summed E-state index contributed by atoms with van der Waals surface area (Å²) < 4.78 is 0. The van der Waals surface area contributed by atoms with Gasteiger partial charge >= 0.3 is 0 Å². The molecule has 1 fully saturated rings. The van der Waals surface area contributed by atoms with Crippen LogP contribution in [0.15, 0.2) is 0 Å². The summed E-state index contributed by atoms with van der Waals surface area (Å²) in [6, 6.07) is 0.682. The van der Waals surface area contributed by atoms with E-state index in [2.05, 4.69) is 24.1 Å². The third-order valence-corrected chi connectivity index (χ3v) is 3.50. The molecule has 1 atom stereocenters. The third kappa shape index (κ3) is 5.23. The average molecular weight is 207 g/mol. The van der Waals surface area contributed by atoms with Crippen LogP contribution in [-0.4, -0.2) is 12.6 Å². The Hall–Kier alpha value is -0.480. The van der Waals surface area contributed by atoms with E-state index < -0.39 is 0 Å². The second kappa shape index (κ2) is 7.77. The van der Waals surface area contributed by atoms with E-state index in [-0.39, 0.29) is 0 Å². The highest BCUT2D eigenvalue weighted by molar-refractivity contribution is 4.95. The molecule has 0 unspecified atom stereocenters. The van der Waals surface area contributed by atoms with Crippen molar-refractivity contribution < 1.29 is 0 Å². The molecule has 1 rings (SSSR count). The molecule has 1 nitrogen and oxygen atoms in total. The Morgan fingerprint density at radius 2 is 1.87 bits per heavy atom. The summed E-state index contributed by atoms with van der Waals surface area (Å²) in [5.74, 6) is 6.95. The predicted molar refractivity (Wildman–Crippen MR) is 66.7 cm³/mol. The molecule has 15 heavy (non-hydrogen) atoms. The maximum Gasteiger partial charge on any atom is 0.0214 e. The quantitative estimate of drug-likeness (QED) is 0.423. The molecular formula is C14H25N. The molecule has 0 aromatic carbocycles. The van der Waals surface area contributed by atoms with Gasteiger partial charge in [0.1, 0.15) is 0 Å². The number of rotatable bonds is 4. The summed E-state index contributed by atoms with van der Waals surface area (Å²) in [6.45, 7) is 5.31. The molecule has 1 heteroatoms. The van der Waals surface area contributed by atoms with Gasteiger partial charge in [-0.3, -0.25) is 0 Å². The van der Waals surface area contributed by atoms with Gasteiger partial charge in [0.05, 0.1) is 0 Å². The Morgan fingerprint density at radius 1 is 1.20 bits per heavy atom. The SMILES string of the molecule is CC#CCCN[C@H](C)C1CCCCCC1. The Bertz CT molecular complexity index is 203. The van der Waals surface area contributed by atoms with Crippen molar-refractivity contribution in [1.29, 1.82) is 0 Å². The lowest BCUT2D eigenvalue weighted by atomic mass is 9.93. The molecule has 86 valence electrons. The second-order valence-corrected chi connectivity index (χ2v) is 4.67. The normalized spacial score (nSPS) is 20.1. The monoisotopic (exact) mass is 207 g/mol. The number of hydrogen-bond acceptors (Lipinski definition) is 1. The first-order valence-electron chi connectivity index (χ1n) is 6.47. The van der Waals surface area contributed by atoms with Gasteiger partial charge < -0.3 is 5.32 Å². The van der Waals surface area contributed by atoms with E-state index in [0.717, 1.165) is 18.9 Å². The summed E-state index contributed by atoms with van der Waals surface area (Å²) >= 11 is 0. The molecule has 0 aliphatic heterocycles. The predicted octanol–water partition coefficient (Wildman–Crippen LogP) is 3.35. The second-order valence-electron chi connectivity index (χ2n) is 4.67. The van der Waals surface area contributed by atoms with Crippen molar-refractivity contribution in [3.05, 3.63) is 0 Å². The highest BCUT2D eigenvalue weighted by atomic mass is 14.9. The standard InChI is InChI=1S/C14H25N/c1-3-4-9-12-15-13(2)14-10-7-5-6-8-11-14/h13-15H,5-12H2,1-2H3/t13-/m1/s1. The summed E-state index contributed by atoms with van der Waals surface area (Å²) in [5.41, 5.74) is 0. The fraction of sp³-hybridized carbons (Fsp3) is 0.857. The fourth-order valence-corrected chi connectivity index (χ4v) is 2.46. The number of nitrogens with one attached hydrogen (secondary N) is 1.